The summed E-state index contributed by atoms with van der Waals surface area (Å²) < 4.78 is 13.2. The fraction of sp³-hybridized carbons (Fsp3) is 0.310. The van der Waals surface area contributed by atoms with Crippen LogP contribution in [-0.4, -0.2) is 68.1 Å². The summed E-state index contributed by atoms with van der Waals surface area (Å²) in [6.45, 7) is 3.04. The highest BCUT2D eigenvalue weighted by molar-refractivity contribution is 5.85. The molecule has 13 nitrogen and oxygen atoms in total. The third-order valence-corrected chi connectivity index (χ3v) is 6.32. The maximum Gasteiger partial charge on any atom is 0.410 e. The van der Waals surface area contributed by atoms with Gasteiger partial charge in [0.2, 0.25) is 11.8 Å². The summed E-state index contributed by atoms with van der Waals surface area (Å²) in [4.78, 5) is 41.8. The van der Waals surface area contributed by atoms with Crippen molar-refractivity contribution in [2.45, 2.75) is 38.6 Å². The molecule has 13 heteroatoms. The first kappa shape index (κ1) is 30.1. The van der Waals surface area contributed by atoms with Gasteiger partial charge in [-0.15, -0.1) is 10.2 Å². The van der Waals surface area contributed by atoms with Gasteiger partial charge < -0.3 is 31.2 Å². The number of pyridine rings is 2. The van der Waals surface area contributed by atoms with Gasteiger partial charge in [0, 0.05) is 25.0 Å². The summed E-state index contributed by atoms with van der Waals surface area (Å²) in [5.74, 6) is -0.719. The number of ether oxygens (including phenoxy) is 2. The van der Waals surface area contributed by atoms with E-state index in [0.29, 0.717) is 17.2 Å². The lowest BCUT2D eigenvalue weighted by atomic mass is 10.0. The molecule has 3 heterocycles. The van der Waals surface area contributed by atoms with E-state index < -0.39 is 29.5 Å². The van der Waals surface area contributed by atoms with Gasteiger partial charge in [0.05, 0.1) is 24.4 Å². The Morgan fingerprint density at radius 2 is 1.83 bits per heavy atom. The van der Waals surface area contributed by atoms with E-state index in [2.05, 4.69) is 20.5 Å². The zero-order valence-corrected chi connectivity index (χ0v) is 23.7. The molecule has 0 unspecified atom stereocenters. The molecule has 0 aliphatic carbocycles. The number of likely N-dealkylation sites (N-methyl/N-ethyl adjacent to an activating group) is 1. The van der Waals surface area contributed by atoms with Crippen molar-refractivity contribution in [3.8, 4) is 11.1 Å². The number of carbonyl (C=O) groups excluding carboxylic acids is 3. The van der Waals surface area contributed by atoms with Gasteiger partial charge in [-0.25, -0.2) is 4.79 Å². The lowest BCUT2D eigenvalue weighted by Gasteiger charge is -2.24. The molecule has 3 amide bonds. The third-order valence-electron chi connectivity index (χ3n) is 6.32. The second-order valence-electron chi connectivity index (χ2n) is 10.3. The second kappa shape index (κ2) is 13.2. The summed E-state index contributed by atoms with van der Waals surface area (Å²) >= 11 is 0. The number of rotatable bonds is 12. The highest BCUT2D eigenvalue weighted by Crippen LogP contribution is 2.24. The number of amides is 3. The number of benzene rings is 1. The summed E-state index contributed by atoms with van der Waals surface area (Å²) in [6, 6.07) is 16.1. The van der Waals surface area contributed by atoms with Gasteiger partial charge in [-0.2, -0.15) is 0 Å². The van der Waals surface area contributed by atoms with Crippen LogP contribution in [0.5, 0.6) is 0 Å². The Labute approximate surface area is 242 Å². The Morgan fingerprint density at radius 1 is 1.05 bits per heavy atom. The van der Waals surface area contributed by atoms with Crippen LogP contribution in [0.15, 0.2) is 67.0 Å². The van der Waals surface area contributed by atoms with Gasteiger partial charge in [-0.1, -0.05) is 36.4 Å². The van der Waals surface area contributed by atoms with Crippen LogP contribution < -0.4 is 16.8 Å². The number of hydrogen-bond acceptors (Lipinski definition) is 9. The van der Waals surface area contributed by atoms with Crippen molar-refractivity contribution in [2.75, 3.05) is 20.2 Å². The number of nitrogens with zero attached hydrogens (tertiary/aromatic N) is 5. The molecule has 1 aromatic carbocycles. The largest absolute Gasteiger partial charge is 0.443 e. The number of fused-ring (bicyclic) bond motifs is 1. The van der Waals surface area contributed by atoms with E-state index in [1.807, 2.05) is 36.4 Å². The maximum atomic E-state index is 13.0. The number of nitrogens with two attached hydrogens (primary N) is 2. The summed E-state index contributed by atoms with van der Waals surface area (Å²) in [7, 11) is 1.40. The van der Waals surface area contributed by atoms with Crippen LogP contribution in [-0.2, 0) is 32.3 Å². The fourth-order valence-electron chi connectivity index (χ4n) is 4.18. The summed E-state index contributed by atoms with van der Waals surface area (Å²) in [5.41, 5.74) is 13.9. The number of aromatic nitrogens is 4. The molecule has 0 saturated carbocycles. The van der Waals surface area contributed by atoms with Crippen LogP contribution in [0.3, 0.4) is 0 Å². The monoisotopic (exact) mass is 574 g/mol. The van der Waals surface area contributed by atoms with E-state index in [9.17, 15) is 14.4 Å². The lowest BCUT2D eigenvalue weighted by molar-refractivity contribution is -0.126. The first-order valence-corrected chi connectivity index (χ1v) is 13.2. The molecular weight excluding hydrogens is 540 g/mol. The second-order valence-corrected chi connectivity index (χ2v) is 10.3. The number of carbonyl (C=O) groups is 3. The quantitative estimate of drug-likeness (QED) is 0.228. The van der Waals surface area contributed by atoms with E-state index in [-0.39, 0.29) is 26.4 Å². The molecular formula is C29H34N8O5. The molecule has 0 aliphatic heterocycles. The molecule has 4 rings (SSSR count). The predicted octanol–water partition coefficient (Wildman–Crippen LogP) is 1.96. The van der Waals surface area contributed by atoms with E-state index in [1.54, 1.807) is 48.8 Å². The van der Waals surface area contributed by atoms with Crippen molar-refractivity contribution in [1.82, 2.24) is 29.8 Å². The van der Waals surface area contributed by atoms with Crippen LogP contribution in [0.1, 0.15) is 37.0 Å². The Hall–Kier alpha value is -4.88. The number of primary amides is 1. The molecule has 5 N–H and O–H groups in total. The van der Waals surface area contributed by atoms with Crippen LogP contribution in [0, 0.1) is 0 Å². The van der Waals surface area contributed by atoms with E-state index in [1.165, 1.54) is 7.05 Å². The van der Waals surface area contributed by atoms with Crippen molar-refractivity contribution in [1.29, 1.82) is 0 Å². The van der Waals surface area contributed by atoms with Gasteiger partial charge in [0.1, 0.15) is 19.2 Å². The smallest absolute Gasteiger partial charge is 0.410 e. The molecule has 4 aromatic rings. The van der Waals surface area contributed by atoms with Gasteiger partial charge in [0.25, 0.3) is 0 Å². The third kappa shape index (κ3) is 7.44. The molecule has 0 saturated heterocycles. The van der Waals surface area contributed by atoms with Crippen molar-refractivity contribution in [2.24, 2.45) is 11.5 Å². The number of nitrogens with one attached hydrogen (secondary N) is 1. The SMILES string of the molecule is CN(CC(N)=O)C(=O)OCc1cccc2nnc([C@@H](COCc3ccccc3-c3cccnc3)NC(=O)C(C)(C)N)n12. The van der Waals surface area contributed by atoms with Crippen LogP contribution in [0.25, 0.3) is 16.8 Å². The van der Waals surface area contributed by atoms with E-state index in [4.69, 9.17) is 20.9 Å². The molecule has 0 aliphatic rings. The topological polar surface area (TPSA) is 180 Å². The molecule has 1 atom stereocenters. The fourth-order valence-corrected chi connectivity index (χ4v) is 4.18. The van der Waals surface area contributed by atoms with E-state index in [0.717, 1.165) is 21.6 Å². The highest BCUT2D eigenvalue weighted by atomic mass is 16.6. The highest BCUT2D eigenvalue weighted by Gasteiger charge is 2.29. The van der Waals surface area contributed by atoms with Gasteiger partial charge in [-0.3, -0.25) is 19.0 Å². The van der Waals surface area contributed by atoms with Gasteiger partial charge in [-0.05, 0) is 43.2 Å². The molecule has 0 fully saturated rings. The average Bonchev–Trinajstić information content (AvgIpc) is 3.40. The lowest BCUT2D eigenvalue weighted by Crippen LogP contribution is -2.51. The van der Waals surface area contributed by atoms with Crippen molar-refractivity contribution >= 4 is 23.6 Å². The average molecular weight is 575 g/mol. The number of hydrogen-bond donors (Lipinski definition) is 3. The maximum absolute atomic E-state index is 13.0. The zero-order chi connectivity index (χ0) is 30.3. The Bertz CT molecular complexity index is 1550. The van der Waals surface area contributed by atoms with Crippen molar-refractivity contribution in [3.05, 3.63) is 84.1 Å². The Balaban J connectivity index is 1.59. The molecule has 220 valence electrons. The van der Waals surface area contributed by atoms with Crippen LogP contribution >= 0.6 is 0 Å². The minimum Gasteiger partial charge on any atom is -0.443 e. The standard InChI is InChI=1S/C29H34N8O5/c1-29(2,31)27(39)33-23(18-41-16-20-8-4-5-11-22(20)19-9-7-13-32-14-19)26-35-34-25-12-6-10-21(37(25)26)17-42-28(40)36(3)15-24(30)38/h4-14,23H,15-18,31H2,1-3H3,(H2,30,38)(H,33,39)/t23-/m1/s1. The van der Waals surface area contributed by atoms with Crippen LogP contribution in [0.4, 0.5) is 4.79 Å². The molecule has 0 bridgehead atoms. The normalized spacial score (nSPS) is 12.1. The predicted molar refractivity (Wildman–Crippen MR) is 153 cm³/mol. The summed E-state index contributed by atoms with van der Waals surface area (Å²) in [6.07, 6.45) is 2.77. The van der Waals surface area contributed by atoms with Crippen LogP contribution in [0.2, 0.25) is 0 Å². The molecule has 0 spiro atoms. The Morgan fingerprint density at radius 3 is 2.55 bits per heavy atom. The van der Waals surface area contributed by atoms with Gasteiger partial charge >= 0.3 is 6.09 Å². The summed E-state index contributed by atoms with van der Waals surface area (Å²) in [5, 5.41) is 11.5. The Kier molecular flexibility index (Phi) is 9.45. The first-order valence-electron chi connectivity index (χ1n) is 13.2. The molecule has 42 heavy (non-hydrogen) atoms. The van der Waals surface area contributed by atoms with Gasteiger partial charge in [0.15, 0.2) is 11.5 Å². The molecule has 0 radical (unpaired) electrons. The first-order chi connectivity index (χ1) is 20.0. The zero-order valence-electron chi connectivity index (χ0n) is 23.7. The minimum atomic E-state index is -1.17. The van der Waals surface area contributed by atoms with E-state index >= 15 is 0 Å². The van der Waals surface area contributed by atoms with Crippen molar-refractivity contribution < 1.29 is 23.9 Å². The minimum absolute atomic E-state index is 0.0411. The van der Waals surface area contributed by atoms with Crippen molar-refractivity contribution in [3.63, 3.8) is 0 Å². The molecule has 3 aromatic heterocycles.